The number of nitrogens with zero attached hydrogens (tertiary/aromatic N) is 3. The first-order valence-corrected chi connectivity index (χ1v) is 9.47. The van der Waals surface area contributed by atoms with Gasteiger partial charge in [-0.05, 0) is 29.6 Å². The van der Waals surface area contributed by atoms with Crippen LogP contribution in [-0.4, -0.2) is 26.4 Å². The van der Waals surface area contributed by atoms with Gasteiger partial charge < -0.3 is 9.88 Å². The molecule has 0 spiro atoms. The molecule has 0 aliphatic rings. The van der Waals surface area contributed by atoms with E-state index in [0.717, 1.165) is 10.7 Å². The lowest BCUT2D eigenvalue weighted by Gasteiger charge is -2.06. The van der Waals surface area contributed by atoms with Crippen LogP contribution in [0.25, 0.3) is 10.7 Å². The summed E-state index contributed by atoms with van der Waals surface area (Å²) in [6, 6.07) is 8.85. The second kappa shape index (κ2) is 7.57. The van der Waals surface area contributed by atoms with Crippen molar-refractivity contribution >= 4 is 57.9 Å². The zero-order valence-electron chi connectivity index (χ0n) is 12.5. The number of carbonyl (C=O) groups excluding carboxylic acids is 1. The van der Waals surface area contributed by atoms with Gasteiger partial charge in [-0.3, -0.25) is 4.79 Å². The SMILES string of the molecule is Cn1c(SCC(=O)Nc2cc(Cl)cc(Cl)c2)nnc1-c1cccs1. The Morgan fingerprint density at radius 2 is 2.04 bits per heavy atom. The molecule has 1 amide bonds. The number of nitrogens with one attached hydrogen (secondary N) is 1. The van der Waals surface area contributed by atoms with Crippen molar-refractivity contribution in [3.8, 4) is 10.7 Å². The zero-order chi connectivity index (χ0) is 17.1. The quantitative estimate of drug-likeness (QED) is 0.638. The van der Waals surface area contributed by atoms with E-state index in [1.54, 1.807) is 29.5 Å². The maximum Gasteiger partial charge on any atom is 0.234 e. The number of hydrogen-bond donors (Lipinski definition) is 1. The first-order chi connectivity index (χ1) is 11.5. The Bertz CT molecular complexity index is 844. The molecule has 3 aromatic rings. The Labute approximate surface area is 157 Å². The van der Waals surface area contributed by atoms with Crippen LogP contribution in [0.15, 0.2) is 40.9 Å². The number of halogens is 2. The van der Waals surface area contributed by atoms with Gasteiger partial charge in [-0.1, -0.05) is 41.0 Å². The van der Waals surface area contributed by atoms with Gasteiger partial charge in [-0.2, -0.15) is 0 Å². The normalized spacial score (nSPS) is 10.8. The van der Waals surface area contributed by atoms with Crippen molar-refractivity contribution in [1.82, 2.24) is 14.8 Å². The number of benzene rings is 1. The standard InChI is InChI=1S/C15H12Cl2N4OS2/c1-21-14(12-3-2-4-23-12)19-20-15(21)24-8-13(22)18-11-6-9(16)5-10(17)7-11/h2-7H,8H2,1H3,(H,18,22). The van der Waals surface area contributed by atoms with E-state index >= 15 is 0 Å². The summed E-state index contributed by atoms with van der Waals surface area (Å²) in [7, 11) is 1.88. The molecule has 0 fully saturated rings. The molecule has 2 heterocycles. The minimum atomic E-state index is -0.168. The summed E-state index contributed by atoms with van der Waals surface area (Å²) in [6.07, 6.45) is 0. The molecule has 0 radical (unpaired) electrons. The first-order valence-electron chi connectivity index (χ1n) is 6.85. The van der Waals surface area contributed by atoms with Crippen LogP contribution in [0, 0.1) is 0 Å². The number of anilines is 1. The van der Waals surface area contributed by atoms with Crippen LogP contribution < -0.4 is 5.32 Å². The van der Waals surface area contributed by atoms with Gasteiger partial charge in [-0.25, -0.2) is 0 Å². The topological polar surface area (TPSA) is 59.8 Å². The van der Waals surface area contributed by atoms with Crippen molar-refractivity contribution in [3.63, 3.8) is 0 Å². The minimum Gasteiger partial charge on any atom is -0.325 e. The first kappa shape index (κ1) is 17.3. The van der Waals surface area contributed by atoms with E-state index in [1.807, 2.05) is 29.1 Å². The summed E-state index contributed by atoms with van der Waals surface area (Å²) in [6.45, 7) is 0. The van der Waals surface area contributed by atoms with Gasteiger partial charge in [0.25, 0.3) is 0 Å². The molecule has 3 rings (SSSR count). The molecule has 1 aromatic carbocycles. The van der Waals surface area contributed by atoms with Gasteiger partial charge >= 0.3 is 0 Å². The third-order valence-electron chi connectivity index (χ3n) is 3.06. The van der Waals surface area contributed by atoms with E-state index < -0.39 is 0 Å². The van der Waals surface area contributed by atoms with E-state index in [9.17, 15) is 4.79 Å². The highest BCUT2D eigenvalue weighted by molar-refractivity contribution is 7.99. The summed E-state index contributed by atoms with van der Waals surface area (Å²) in [4.78, 5) is 13.1. The molecule has 5 nitrogen and oxygen atoms in total. The highest BCUT2D eigenvalue weighted by atomic mass is 35.5. The van der Waals surface area contributed by atoms with Crippen molar-refractivity contribution in [1.29, 1.82) is 0 Å². The van der Waals surface area contributed by atoms with Crippen LogP contribution in [0.3, 0.4) is 0 Å². The van der Waals surface area contributed by atoms with E-state index in [-0.39, 0.29) is 11.7 Å². The average molecular weight is 399 g/mol. The Kier molecular flexibility index (Phi) is 5.45. The fourth-order valence-electron chi connectivity index (χ4n) is 2.01. The molecule has 0 unspecified atom stereocenters. The lowest BCUT2D eigenvalue weighted by atomic mass is 10.3. The summed E-state index contributed by atoms with van der Waals surface area (Å²) in [5.41, 5.74) is 0.565. The Morgan fingerprint density at radius 3 is 2.71 bits per heavy atom. The molecule has 1 N–H and O–H groups in total. The van der Waals surface area contributed by atoms with Crippen molar-refractivity contribution < 1.29 is 4.79 Å². The fraction of sp³-hybridized carbons (Fsp3) is 0.133. The third kappa shape index (κ3) is 4.10. The number of rotatable bonds is 5. The van der Waals surface area contributed by atoms with Crippen molar-refractivity contribution in [2.75, 3.05) is 11.1 Å². The number of hydrogen-bond acceptors (Lipinski definition) is 5. The highest BCUT2D eigenvalue weighted by Gasteiger charge is 2.13. The number of carbonyl (C=O) groups is 1. The van der Waals surface area contributed by atoms with Gasteiger partial charge in [0.05, 0.1) is 10.6 Å². The molecule has 0 saturated carbocycles. The summed E-state index contributed by atoms with van der Waals surface area (Å²) in [5.74, 6) is 0.828. The number of thiophene rings is 1. The maximum absolute atomic E-state index is 12.1. The van der Waals surface area contributed by atoms with Gasteiger partial charge in [0.2, 0.25) is 5.91 Å². The molecular weight excluding hydrogens is 387 g/mol. The molecule has 0 atom stereocenters. The maximum atomic E-state index is 12.1. The Morgan fingerprint density at radius 1 is 1.29 bits per heavy atom. The lowest BCUT2D eigenvalue weighted by Crippen LogP contribution is -2.14. The van der Waals surface area contributed by atoms with Crippen LogP contribution in [-0.2, 0) is 11.8 Å². The summed E-state index contributed by atoms with van der Waals surface area (Å²) < 4.78 is 1.88. The molecule has 24 heavy (non-hydrogen) atoms. The molecule has 0 aliphatic heterocycles. The molecular formula is C15H12Cl2N4OS2. The number of amides is 1. The van der Waals surface area contributed by atoms with Crippen molar-refractivity contribution in [2.45, 2.75) is 5.16 Å². The second-order valence-electron chi connectivity index (χ2n) is 4.84. The van der Waals surface area contributed by atoms with E-state index in [4.69, 9.17) is 23.2 Å². The second-order valence-corrected chi connectivity index (χ2v) is 7.60. The van der Waals surface area contributed by atoms with Crippen LogP contribution in [0.4, 0.5) is 5.69 Å². The Balaban J connectivity index is 1.62. The molecule has 0 bridgehead atoms. The van der Waals surface area contributed by atoms with E-state index in [0.29, 0.717) is 20.9 Å². The molecule has 0 saturated heterocycles. The highest BCUT2D eigenvalue weighted by Crippen LogP contribution is 2.26. The average Bonchev–Trinajstić information content (AvgIpc) is 3.13. The predicted molar refractivity (Wildman–Crippen MR) is 100 cm³/mol. The zero-order valence-corrected chi connectivity index (χ0v) is 15.6. The van der Waals surface area contributed by atoms with Crippen LogP contribution in [0.1, 0.15) is 0 Å². The van der Waals surface area contributed by atoms with Gasteiger partial charge in [-0.15, -0.1) is 21.5 Å². The lowest BCUT2D eigenvalue weighted by molar-refractivity contribution is -0.113. The molecule has 2 aromatic heterocycles. The molecule has 9 heteroatoms. The van der Waals surface area contributed by atoms with Gasteiger partial charge in [0.15, 0.2) is 11.0 Å². The monoisotopic (exact) mass is 398 g/mol. The van der Waals surface area contributed by atoms with Gasteiger partial charge in [0, 0.05) is 22.8 Å². The van der Waals surface area contributed by atoms with Crippen LogP contribution in [0.5, 0.6) is 0 Å². The molecule has 124 valence electrons. The fourth-order valence-corrected chi connectivity index (χ4v) is 4.00. The van der Waals surface area contributed by atoms with Crippen molar-refractivity contribution in [3.05, 3.63) is 45.8 Å². The van der Waals surface area contributed by atoms with Gasteiger partial charge in [0.1, 0.15) is 0 Å². The predicted octanol–water partition coefficient (Wildman–Crippen LogP) is 4.58. The number of aromatic nitrogens is 3. The summed E-state index contributed by atoms with van der Waals surface area (Å²) >= 11 is 14.7. The molecule has 0 aliphatic carbocycles. The van der Waals surface area contributed by atoms with Crippen LogP contribution >= 0.6 is 46.3 Å². The van der Waals surface area contributed by atoms with E-state index in [1.165, 1.54) is 11.8 Å². The van der Waals surface area contributed by atoms with E-state index in [2.05, 4.69) is 15.5 Å². The number of thioether (sulfide) groups is 1. The third-order valence-corrected chi connectivity index (χ3v) is 5.38. The Hall–Kier alpha value is -1.54. The van der Waals surface area contributed by atoms with Crippen LogP contribution in [0.2, 0.25) is 10.0 Å². The minimum absolute atomic E-state index is 0.168. The smallest absolute Gasteiger partial charge is 0.234 e. The largest absolute Gasteiger partial charge is 0.325 e. The summed E-state index contributed by atoms with van der Waals surface area (Å²) in [5, 5.41) is 14.7. The van der Waals surface area contributed by atoms with Crippen molar-refractivity contribution in [2.24, 2.45) is 7.05 Å².